The Balaban J connectivity index is 0.00000320. The normalized spacial score (nSPS) is 22.2. The number of nitrogens with one attached hydrogen (secondary N) is 2. The van der Waals surface area contributed by atoms with E-state index in [-0.39, 0.29) is 24.0 Å². The number of furan rings is 1. The number of hydrogen-bond acceptors (Lipinski definition) is 5. The van der Waals surface area contributed by atoms with Gasteiger partial charge in [-0.15, -0.1) is 24.0 Å². The molecule has 0 saturated carbocycles. The molecule has 2 unspecified atom stereocenters. The second kappa shape index (κ2) is 15.0. The number of halogens is 1. The minimum atomic E-state index is 0. The van der Waals surface area contributed by atoms with Gasteiger partial charge in [0.2, 0.25) is 0 Å². The molecule has 172 valence electrons. The van der Waals surface area contributed by atoms with Crippen molar-refractivity contribution in [3.8, 4) is 0 Å². The first kappa shape index (κ1) is 25.4. The van der Waals surface area contributed by atoms with Crippen LogP contribution in [0.3, 0.4) is 0 Å². The Morgan fingerprint density at radius 3 is 2.93 bits per heavy atom. The van der Waals surface area contributed by atoms with E-state index in [0.29, 0.717) is 12.1 Å². The first-order valence-electron chi connectivity index (χ1n) is 11.3. The van der Waals surface area contributed by atoms with Crippen molar-refractivity contribution in [3.05, 3.63) is 24.2 Å². The van der Waals surface area contributed by atoms with Crippen LogP contribution >= 0.6 is 24.0 Å². The summed E-state index contributed by atoms with van der Waals surface area (Å²) in [7, 11) is 0. The van der Waals surface area contributed by atoms with Crippen molar-refractivity contribution in [1.82, 2.24) is 15.5 Å². The molecule has 1 aromatic rings. The van der Waals surface area contributed by atoms with Gasteiger partial charge in [0.25, 0.3) is 0 Å². The molecule has 2 N–H and O–H groups in total. The Morgan fingerprint density at radius 1 is 1.27 bits per heavy atom. The van der Waals surface area contributed by atoms with E-state index in [9.17, 15) is 0 Å². The van der Waals surface area contributed by atoms with E-state index >= 15 is 0 Å². The summed E-state index contributed by atoms with van der Waals surface area (Å²) in [5, 5.41) is 6.91. The van der Waals surface area contributed by atoms with Crippen molar-refractivity contribution >= 4 is 29.9 Å². The molecule has 30 heavy (non-hydrogen) atoms. The number of hydrogen-bond donors (Lipinski definition) is 2. The monoisotopic (exact) mass is 534 g/mol. The lowest BCUT2D eigenvalue weighted by molar-refractivity contribution is 0.0168. The molecule has 2 atom stereocenters. The molecule has 2 aliphatic heterocycles. The maximum atomic E-state index is 5.76. The molecule has 3 heterocycles. The van der Waals surface area contributed by atoms with Crippen molar-refractivity contribution < 1.29 is 13.9 Å². The standard InChI is InChI=1S/C22H38N4O3.HI/c1-2-26-13-3-7-19(26)17-25-22(24-12-10-20-8-4-15-28-20)23-11-6-14-27-18-21-9-5-16-29-21;/h4,8,15,19,21H,2-3,5-7,9-14,16-18H2,1H3,(H2,23,24,25);1H. The zero-order valence-corrected chi connectivity index (χ0v) is 20.6. The van der Waals surface area contributed by atoms with Gasteiger partial charge in [-0.1, -0.05) is 6.92 Å². The van der Waals surface area contributed by atoms with Gasteiger partial charge in [0.15, 0.2) is 5.96 Å². The summed E-state index contributed by atoms with van der Waals surface area (Å²) in [6.07, 6.45) is 8.65. The number of nitrogens with zero attached hydrogens (tertiary/aromatic N) is 2. The molecule has 2 fully saturated rings. The predicted molar refractivity (Wildman–Crippen MR) is 131 cm³/mol. The second-order valence-electron chi connectivity index (χ2n) is 7.86. The maximum Gasteiger partial charge on any atom is 0.191 e. The summed E-state index contributed by atoms with van der Waals surface area (Å²) < 4.78 is 16.8. The quantitative estimate of drug-likeness (QED) is 0.186. The van der Waals surface area contributed by atoms with E-state index in [1.165, 1.54) is 19.4 Å². The molecule has 0 spiro atoms. The lowest BCUT2D eigenvalue weighted by atomic mass is 10.2. The summed E-state index contributed by atoms with van der Waals surface area (Å²) in [5.41, 5.74) is 0. The summed E-state index contributed by atoms with van der Waals surface area (Å²) in [6, 6.07) is 4.51. The highest BCUT2D eigenvalue weighted by atomic mass is 127. The van der Waals surface area contributed by atoms with Gasteiger partial charge >= 0.3 is 0 Å². The van der Waals surface area contributed by atoms with Crippen LogP contribution in [0.25, 0.3) is 0 Å². The van der Waals surface area contributed by atoms with Gasteiger partial charge in [-0.25, -0.2) is 0 Å². The van der Waals surface area contributed by atoms with Gasteiger partial charge < -0.3 is 24.5 Å². The fraction of sp³-hybridized carbons (Fsp3) is 0.773. The molecular weight excluding hydrogens is 495 g/mol. The molecule has 2 saturated heterocycles. The molecule has 0 bridgehead atoms. The summed E-state index contributed by atoms with van der Waals surface area (Å²) in [6.45, 7) is 9.39. The SMILES string of the molecule is CCN1CCCC1CN=C(NCCCOCC1CCCO1)NCCc1ccco1.I. The maximum absolute atomic E-state index is 5.76. The van der Waals surface area contributed by atoms with Gasteiger partial charge in [-0.3, -0.25) is 9.89 Å². The minimum absolute atomic E-state index is 0. The Bertz CT molecular complexity index is 579. The van der Waals surface area contributed by atoms with Gasteiger partial charge in [0.05, 0.1) is 25.5 Å². The van der Waals surface area contributed by atoms with Gasteiger partial charge in [-0.2, -0.15) is 0 Å². The van der Waals surface area contributed by atoms with Crippen LogP contribution in [-0.2, 0) is 15.9 Å². The molecule has 1 aromatic heterocycles. The highest BCUT2D eigenvalue weighted by Crippen LogP contribution is 2.16. The van der Waals surface area contributed by atoms with E-state index in [4.69, 9.17) is 18.9 Å². The molecule has 0 radical (unpaired) electrons. The lowest BCUT2D eigenvalue weighted by Crippen LogP contribution is -2.40. The molecule has 2 aliphatic rings. The van der Waals surface area contributed by atoms with Crippen molar-refractivity contribution in [2.24, 2.45) is 4.99 Å². The Labute approximate surface area is 198 Å². The smallest absolute Gasteiger partial charge is 0.191 e. The molecule has 0 amide bonds. The number of likely N-dealkylation sites (N-methyl/N-ethyl adjacent to an activating group) is 1. The van der Waals surface area contributed by atoms with Crippen molar-refractivity contribution in [1.29, 1.82) is 0 Å². The van der Waals surface area contributed by atoms with Crippen LogP contribution in [0.1, 0.15) is 44.8 Å². The van der Waals surface area contributed by atoms with Crippen LogP contribution in [-0.4, -0.2) is 75.5 Å². The number of likely N-dealkylation sites (tertiary alicyclic amines) is 1. The topological polar surface area (TPSA) is 71.3 Å². The van der Waals surface area contributed by atoms with Crippen molar-refractivity contribution in [3.63, 3.8) is 0 Å². The lowest BCUT2D eigenvalue weighted by Gasteiger charge is -2.21. The van der Waals surface area contributed by atoms with Crippen LogP contribution in [0, 0.1) is 0 Å². The average molecular weight is 534 g/mol. The third kappa shape index (κ3) is 9.11. The average Bonchev–Trinajstić information content (AvgIpc) is 3.50. The molecule has 0 aliphatic carbocycles. The number of rotatable bonds is 12. The molecule has 7 nitrogen and oxygen atoms in total. The highest BCUT2D eigenvalue weighted by molar-refractivity contribution is 14.0. The fourth-order valence-corrected chi connectivity index (χ4v) is 4.02. The largest absolute Gasteiger partial charge is 0.469 e. The van der Waals surface area contributed by atoms with Crippen LogP contribution in [0.5, 0.6) is 0 Å². The first-order chi connectivity index (χ1) is 14.3. The Hall–Kier alpha value is -0.840. The van der Waals surface area contributed by atoms with Gasteiger partial charge in [0.1, 0.15) is 5.76 Å². The third-order valence-corrected chi connectivity index (χ3v) is 5.69. The van der Waals surface area contributed by atoms with E-state index in [1.54, 1.807) is 6.26 Å². The van der Waals surface area contributed by atoms with E-state index in [0.717, 1.165) is 83.4 Å². The van der Waals surface area contributed by atoms with Crippen LogP contribution in [0.15, 0.2) is 27.8 Å². The van der Waals surface area contributed by atoms with Gasteiger partial charge in [-0.05, 0) is 57.3 Å². The predicted octanol–water partition coefficient (Wildman–Crippen LogP) is 3.05. The van der Waals surface area contributed by atoms with Crippen LogP contribution in [0.2, 0.25) is 0 Å². The third-order valence-electron chi connectivity index (χ3n) is 5.69. The van der Waals surface area contributed by atoms with Crippen molar-refractivity contribution in [2.75, 3.05) is 52.5 Å². The van der Waals surface area contributed by atoms with E-state index < -0.39 is 0 Å². The zero-order chi connectivity index (χ0) is 20.2. The number of ether oxygens (including phenoxy) is 2. The highest BCUT2D eigenvalue weighted by Gasteiger charge is 2.22. The molecule has 0 aromatic carbocycles. The van der Waals surface area contributed by atoms with Crippen LogP contribution < -0.4 is 10.6 Å². The van der Waals surface area contributed by atoms with Gasteiger partial charge in [0, 0.05) is 38.8 Å². The summed E-state index contributed by atoms with van der Waals surface area (Å²) in [4.78, 5) is 7.40. The second-order valence-corrected chi connectivity index (χ2v) is 7.86. The molecule has 3 rings (SSSR count). The zero-order valence-electron chi connectivity index (χ0n) is 18.3. The fourth-order valence-electron chi connectivity index (χ4n) is 4.02. The first-order valence-corrected chi connectivity index (χ1v) is 11.3. The number of aliphatic imine (C=N–C) groups is 1. The van der Waals surface area contributed by atoms with Crippen LogP contribution in [0.4, 0.5) is 0 Å². The van der Waals surface area contributed by atoms with E-state index in [2.05, 4.69) is 22.5 Å². The van der Waals surface area contributed by atoms with E-state index in [1.807, 2.05) is 12.1 Å². The number of guanidine groups is 1. The Morgan fingerprint density at radius 2 is 2.17 bits per heavy atom. The summed E-state index contributed by atoms with van der Waals surface area (Å²) >= 11 is 0. The molecule has 8 heteroatoms. The van der Waals surface area contributed by atoms with Crippen molar-refractivity contribution in [2.45, 2.75) is 57.6 Å². The summed E-state index contributed by atoms with van der Waals surface area (Å²) in [5.74, 6) is 1.88. The minimum Gasteiger partial charge on any atom is -0.469 e. The Kier molecular flexibility index (Phi) is 12.7. The molecular formula is C22H39IN4O3.